The first-order valence-electron chi connectivity index (χ1n) is 5.83. The molecule has 20 heavy (non-hydrogen) atoms. The minimum atomic E-state index is -0.507. The van der Waals surface area contributed by atoms with E-state index >= 15 is 0 Å². The van der Waals surface area contributed by atoms with E-state index in [2.05, 4.69) is 15.2 Å². The summed E-state index contributed by atoms with van der Waals surface area (Å²) in [6.45, 7) is 3.44. The number of halogens is 2. The lowest BCUT2D eigenvalue weighted by atomic mass is 10.1. The summed E-state index contributed by atoms with van der Waals surface area (Å²) in [5.41, 5.74) is 7.38. The largest absolute Gasteiger partial charge is 0.494 e. The van der Waals surface area contributed by atoms with Crippen LogP contribution in [0.3, 0.4) is 0 Å². The number of aliphatic imine (C=N–C) groups is 1. The highest BCUT2D eigenvalue weighted by molar-refractivity contribution is 6.33. The van der Waals surface area contributed by atoms with Gasteiger partial charge in [-0.05, 0) is 19.9 Å². The third kappa shape index (κ3) is 2.60. The van der Waals surface area contributed by atoms with Gasteiger partial charge in [-0.3, -0.25) is 5.10 Å². The zero-order chi connectivity index (χ0) is 14.9. The van der Waals surface area contributed by atoms with Crippen LogP contribution >= 0.6 is 11.6 Å². The molecule has 0 fully saturated rings. The number of benzene rings is 1. The lowest BCUT2D eigenvalue weighted by Crippen LogP contribution is -2.04. The van der Waals surface area contributed by atoms with Gasteiger partial charge in [0.25, 0.3) is 0 Å². The minimum absolute atomic E-state index is 0.0833. The van der Waals surface area contributed by atoms with Crippen molar-refractivity contribution in [2.24, 2.45) is 10.7 Å². The van der Waals surface area contributed by atoms with Crippen molar-refractivity contribution in [2.75, 3.05) is 7.11 Å². The van der Waals surface area contributed by atoms with Crippen molar-refractivity contribution in [3.8, 4) is 16.9 Å². The van der Waals surface area contributed by atoms with Gasteiger partial charge < -0.3 is 10.5 Å². The van der Waals surface area contributed by atoms with Crippen LogP contribution in [-0.2, 0) is 0 Å². The lowest BCUT2D eigenvalue weighted by Gasteiger charge is -2.08. The number of methoxy groups -OCH3 is 1. The third-order valence-corrected chi connectivity index (χ3v) is 3.03. The molecule has 0 amide bonds. The highest BCUT2D eigenvalue weighted by atomic mass is 35.5. The van der Waals surface area contributed by atoms with Crippen molar-refractivity contribution >= 4 is 23.3 Å². The highest BCUT2D eigenvalue weighted by Gasteiger charge is 2.18. The van der Waals surface area contributed by atoms with Crippen LogP contribution in [0.2, 0.25) is 5.02 Å². The molecule has 0 saturated heterocycles. The molecule has 0 bridgehead atoms. The second-order valence-electron chi connectivity index (χ2n) is 4.27. The standard InChI is InChI=1S/C13H14ClFN4O/c1-6-12(13(19-18-6)17-7(2)16)8-4-10(15)11(20-3)5-9(8)14/h4-5H,1-3H3,(H3,16,17,18,19). The van der Waals surface area contributed by atoms with Crippen LogP contribution in [0.25, 0.3) is 11.1 Å². The number of nitrogens with two attached hydrogens (primary N) is 1. The molecule has 3 N–H and O–H groups in total. The van der Waals surface area contributed by atoms with Crippen molar-refractivity contribution in [1.82, 2.24) is 10.2 Å². The fourth-order valence-corrected chi connectivity index (χ4v) is 2.11. The van der Waals surface area contributed by atoms with Crippen molar-refractivity contribution in [2.45, 2.75) is 13.8 Å². The summed E-state index contributed by atoms with van der Waals surface area (Å²) >= 11 is 6.18. The second-order valence-corrected chi connectivity index (χ2v) is 4.67. The van der Waals surface area contributed by atoms with Crippen molar-refractivity contribution < 1.29 is 9.13 Å². The summed E-state index contributed by atoms with van der Waals surface area (Å²) < 4.78 is 18.8. The molecule has 5 nitrogen and oxygen atoms in total. The number of rotatable bonds is 3. The average molecular weight is 297 g/mol. The van der Waals surface area contributed by atoms with E-state index in [9.17, 15) is 4.39 Å². The van der Waals surface area contributed by atoms with E-state index < -0.39 is 5.82 Å². The summed E-state index contributed by atoms with van der Waals surface area (Å²) in [5.74, 6) is 0.295. The molecule has 0 aliphatic heterocycles. The smallest absolute Gasteiger partial charge is 0.183 e. The van der Waals surface area contributed by atoms with Gasteiger partial charge in [-0.15, -0.1) is 0 Å². The molecule has 0 radical (unpaired) electrons. The Hall–Kier alpha value is -2.08. The Kier molecular flexibility index (Phi) is 3.94. The number of H-pyrrole nitrogens is 1. The number of aromatic amines is 1. The maximum absolute atomic E-state index is 13.9. The topological polar surface area (TPSA) is 76.3 Å². The normalized spacial score (nSPS) is 11.8. The number of ether oxygens (including phenoxy) is 1. The van der Waals surface area contributed by atoms with Crippen LogP contribution in [0.5, 0.6) is 5.75 Å². The molecule has 0 aliphatic rings. The Balaban J connectivity index is 2.66. The number of amidine groups is 1. The predicted octanol–water partition coefficient (Wildman–Crippen LogP) is 3.19. The minimum Gasteiger partial charge on any atom is -0.494 e. The molecule has 0 spiro atoms. The molecule has 0 atom stereocenters. The van der Waals surface area contributed by atoms with Gasteiger partial charge in [0, 0.05) is 17.3 Å². The van der Waals surface area contributed by atoms with E-state index in [0.717, 1.165) is 5.69 Å². The Bertz CT molecular complexity index is 677. The van der Waals surface area contributed by atoms with Crippen LogP contribution in [0.4, 0.5) is 10.2 Å². The Morgan fingerprint density at radius 1 is 1.50 bits per heavy atom. The van der Waals surface area contributed by atoms with Gasteiger partial charge in [0.1, 0.15) is 0 Å². The van der Waals surface area contributed by atoms with Crippen LogP contribution < -0.4 is 10.5 Å². The fourth-order valence-electron chi connectivity index (χ4n) is 1.86. The van der Waals surface area contributed by atoms with Crippen LogP contribution in [0, 0.1) is 12.7 Å². The van der Waals surface area contributed by atoms with Crippen molar-refractivity contribution in [1.29, 1.82) is 0 Å². The average Bonchev–Trinajstić information content (AvgIpc) is 2.72. The van der Waals surface area contributed by atoms with Crippen LogP contribution in [-0.4, -0.2) is 23.1 Å². The van der Waals surface area contributed by atoms with E-state index in [4.69, 9.17) is 22.1 Å². The van der Waals surface area contributed by atoms with Crippen LogP contribution in [0.1, 0.15) is 12.6 Å². The van der Waals surface area contributed by atoms with Gasteiger partial charge in [0.2, 0.25) is 0 Å². The predicted molar refractivity (Wildman–Crippen MR) is 77.2 cm³/mol. The van der Waals surface area contributed by atoms with E-state index in [1.807, 2.05) is 0 Å². The van der Waals surface area contributed by atoms with Gasteiger partial charge in [-0.1, -0.05) is 11.6 Å². The maximum Gasteiger partial charge on any atom is 0.183 e. The first kappa shape index (κ1) is 14.3. The number of nitrogens with one attached hydrogen (secondary N) is 1. The quantitative estimate of drug-likeness (QED) is 0.674. The molecule has 0 aliphatic carbocycles. The molecule has 1 heterocycles. The van der Waals surface area contributed by atoms with E-state index in [1.54, 1.807) is 13.8 Å². The summed E-state index contributed by atoms with van der Waals surface area (Å²) in [7, 11) is 1.38. The third-order valence-electron chi connectivity index (χ3n) is 2.72. The first-order valence-corrected chi connectivity index (χ1v) is 6.21. The summed E-state index contributed by atoms with van der Waals surface area (Å²) in [5, 5.41) is 7.18. The monoisotopic (exact) mass is 296 g/mol. The Labute approximate surface area is 120 Å². The summed E-state index contributed by atoms with van der Waals surface area (Å²) in [4.78, 5) is 4.11. The van der Waals surface area contributed by atoms with Crippen molar-refractivity contribution in [3.63, 3.8) is 0 Å². The number of hydrogen-bond acceptors (Lipinski definition) is 3. The van der Waals surface area contributed by atoms with E-state index in [-0.39, 0.29) is 5.75 Å². The molecule has 2 aromatic rings. The number of nitrogens with zero attached hydrogens (tertiary/aromatic N) is 2. The molecular weight excluding hydrogens is 283 g/mol. The molecule has 2 rings (SSSR count). The number of aryl methyl sites for hydroxylation is 1. The van der Waals surface area contributed by atoms with Gasteiger partial charge in [-0.2, -0.15) is 5.10 Å². The first-order chi connectivity index (χ1) is 9.43. The van der Waals surface area contributed by atoms with Gasteiger partial charge >= 0.3 is 0 Å². The van der Waals surface area contributed by atoms with E-state index in [0.29, 0.717) is 27.8 Å². The second kappa shape index (κ2) is 5.50. The van der Waals surface area contributed by atoms with E-state index in [1.165, 1.54) is 19.2 Å². The highest BCUT2D eigenvalue weighted by Crippen LogP contribution is 2.38. The van der Waals surface area contributed by atoms with Gasteiger partial charge in [-0.25, -0.2) is 9.38 Å². The molecule has 0 unspecified atom stereocenters. The molecule has 106 valence electrons. The molecular formula is C13H14ClFN4O. The summed E-state index contributed by atoms with van der Waals surface area (Å²) in [6.07, 6.45) is 0. The number of aromatic nitrogens is 2. The molecule has 0 saturated carbocycles. The zero-order valence-electron chi connectivity index (χ0n) is 11.3. The van der Waals surface area contributed by atoms with Crippen LogP contribution in [0.15, 0.2) is 17.1 Å². The lowest BCUT2D eigenvalue weighted by molar-refractivity contribution is 0.386. The van der Waals surface area contributed by atoms with Crippen molar-refractivity contribution in [3.05, 3.63) is 28.7 Å². The fraction of sp³-hybridized carbons (Fsp3) is 0.231. The van der Waals surface area contributed by atoms with Gasteiger partial charge in [0.05, 0.1) is 23.5 Å². The molecule has 1 aromatic carbocycles. The summed E-state index contributed by atoms with van der Waals surface area (Å²) in [6, 6.07) is 2.71. The Morgan fingerprint density at radius 3 is 2.80 bits per heavy atom. The Morgan fingerprint density at radius 2 is 2.20 bits per heavy atom. The molecule has 7 heteroatoms. The van der Waals surface area contributed by atoms with Gasteiger partial charge in [0.15, 0.2) is 17.4 Å². The zero-order valence-corrected chi connectivity index (χ0v) is 12.0. The SMILES string of the molecule is COc1cc(Cl)c(-c2c(N=C(C)N)n[nH]c2C)cc1F. The molecule has 1 aromatic heterocycles. The number of hydrogen-bond donors (Lipinski definition) is 2. The maximum atomic E-state index is 13.9.